The molecule has 90 valence electrons. The normalized spacial score (nSPS) is 16.9. The third kappa shape index (κ3) is 2.60. The average Bonchev–Trinajstić information content (AvgIpc) is 1.99. The minimum atomic E-state index is -6.23. The molecular formula is C5H5BrF4O4S. The number of alkyl halides is 4. The van der Waals surface area contributed by atoms with Crippen molar-refractivity contribution in [1.82, 2.24) is 0 Å². The Morgan fingerprint density at radius 3 is 2.00 bits per heavy atom. The summed E-state index contributed by atoms with van der Waals surface area (Å²) in [5.74, 6) is -2.26. The van der Waals surface area contributed by atoms with Crippen LogP contribution in [0.15, 0.2) is 0 Å². The van der Waals surface area contributed by atoms with Crippen LogP contribution in [0.3, 0.4) is 0 Å². The van der Waals surface area contributed by atoms with Gasteiger partial charge in [0, 0.05) is 0 Å². The fourth-order valence-electron chi connectivity index (χ4n) is 0.577. The van der Waals surface area contributed by atoms with E-state index in [1.807, 2.05) is 0 Å². The van der Waals surface area contributed by atoms with Crippen molar-refractivity contribution in [3.63, 3.8) is 0 Å². The standard InChI is InChI=1S/C5H5BrF4O4S/c1-2-14-3(11)4(6,5(7,8)9)15(10,12)13/h2H2,1H3. The number of hydrogen-bond acceptors (Lipinski definition) is 4. The Hall–Kier alpha value is -0.380. The first-order chi connectivity index (χ1) is 6.48. The molecule has 1 atom stereocenters. The van der Waals surface area contributed by atoms with Gasteiger partial charge in [0.15, 0.2) is 0 Å². The molecule has 15 heavy (non-hydrogen) atoms. The molecule has 0 bridgehead atoms. The largest absolute Gasteiger partial charge is 0.464 e. The fraction of sp³-hybridized carbons (Fsp3) is 0.800. The monoisotopic (exact) mass is 316 g/mol. The molecule has 0 aliphatic rings. The summed E-state index contributed by atoms with van der Waals surface area (Å²) in [4.78, 5) is 10.8. The van der Waals surface area contributed by atoms with E-state index in [1.54, 1.807) is 0 Å². The predicted molar refractivity (Wildman–Crippen MR) is 44.4 cm³/mol. The van der Waals surface area contributed by atoms with E-state index in [9.17, 15) is 30.3 Å². The van der Waals surface area contributed by atoms with Crippen LogP contribution in [0, 0.1) is 0 Å². The van der Waals surface area contributed by atoms with Gasteiger partial charge in [0.2, 0.25) is 0 Å². The molecule has 1 unspecified atom stereocenters. The van der Waals surface area contributed by atoms with Gasteiger partial charge in [-0.15, -0.1) is 3.89 Å². The van der Waals surface area contributed by atoms with Crippen molar-refractivity contribution < 1.29 is 35.0 Å². The van der Waals surface area contributed by atoms with Gasteiger partial charge in [-0.05, 0) is 22.9 Å². The minimum Gasteiger partial charge on any atom is -0.464 e. The molecule has 0 aliphatic carbocycles. The highest BCUT2D eigenvalue weighted by Gasteiger charge is 2.70. The van der Waals surface area contributed by atoms with Gasteiger partial charge in [0.05, 0.1) is 6.61 Å². The van der Waals surface area contributed by atoms with Crippen LogP contribution in [-0.2, 0) is 19.8 Å². The molecule has 0 spiro atoms. The molecular weight excluding hydrogens is 312 g/mol. The summed E-state index contributed by atoms with van der Waals surface area (Å²) in [5.41, 5.74) is 0. The number of carbonyl (C=O) groups is 1. The number of ether oxygens (including phenoxy) is 1. The molecule has 0 amide bonds. The van der Waals surface area contributed by atoms with Gasteiger partial charge < -0.3 is 4.74 Å². The highest BCUT2D eigenvalue weighted by molar-refractivity contribution is 9.12. The molecule has 0 fully saturated rings. The maximum atomic E-state index is 12.4. The van der Waals surface area contributed by atoms with E-state index in [2.05, 4.69) is 4.74 Å². The van der Waals surface area contributed by atoms with Gasteiger partial charge >= 0.3 is 26.0 Å². The fourth-order valence-corrected chi connectivity index (χ4v) is 1.23. The zero-order valence-electron chi connectivity index (χ0n) is 7.14. The van der Waals surface area contributed by atoms with Crippen molar-refractivity contribution in [2.75, 3.05) is 6.61 Å². The lowest BCUT2D eigenvalue weighted by Gasteiger charge is -2.23. The summed E-state index contributed by atoms with van der Waals surface area (Å²) in [7, 11) is -6.23. The van der Waals surface area contributed by atoms with Crippen molar-refractivity contribution in [1.29, 1.82) is 0 Å². The number of carbonyl (C=O) groups excluding carboxylic acids is 1. The van der Waals surface area contributed by atoms with Gasteiger partial charge in [-0.25, -0.2) is 4.79 Å². The Morgan fingerprint density at radius 2 is 1.80 bits per heavy atom. The molecule has 10 heteroatoms. The second-order valence-corrected chi connectivity index (χ2v) is 5.45. The SMILES string of the molecule is CCOC(=O)C(Br)(C(F)(F)F)S(=O)(=O)F. The number of halogens is 5. The number of hydrogen-bond donors (Lipinski definition) is 0. The zero-order chi connectivity index (χ0) is 12.5. The van der Waals surface area contributed by atoms with Crippen LogP contribution >= 0.6 is 15.9 Å². The maximum absolute atomic E-state index is 12.4. The van der Waals surface area contributed by atoms with Crippen LogP contribution in [0.4, 0.5) is 17.1 Å². The van der Waals surface area contributed by atoms with Gasteiger partial charge in [-0.1, -0.05) is 0 Å². The van der Waals surface area contributed by atoms with Gasteiger partial charge in [-0.2, -0.15) is 21.6 Å². The second kappa shape index (κ2) is 4.24. The summed E-state index contributed by atoms with van der Waals surface area (Å²) in [6.07, 6.45) is -5.66. The summed E-state index contributed by atoms with van der Waals surface area (Å²) in [6, 6.07) is 0. The van der Waals surface area contributed by atoms with Crippen LogP contribution in [0.2, 0.25) is 0 Å². The van der Waals surface area contributed by atoms with E-state index in [-0.39, 0.29) is 0 Å². The number of rotatable bonds is 3. The van der Waals surface area contributed by atoms with Crippen LogP contribution in [-0.4, -0.2) is 30.8 Å². The van der Waals surface area contributed by atoms with E-state index in [0.29, 0.717) is 0 Å². The van der Waals surface area contributed by atoms with Crippen LogP contribution in [0.1, 0.15) is 6.92 Å². The molecule has 0 aliphatic heterocycles. The quantitative estimate of drug-likeness (QED) is 0.343. The summed E-state index contributed by atoms with van der Waals surface area (Å²) < 4.78 is 69.1. The highest BCUT2D eigenvalue weighted by Crippen LogP contribution is 2.44. The van der Waals surface area contributed by atoms with Crippen LogP contribution in [0.5, 0.6) is 0 Å². The van der Waals surface area contributed by atoms with Crippen molar-refractivity contribution >= 4 is 32.1 Å². The number of esters is 1. The van der Waals surface area contributed by atoms with Gasteiger partial charge in [0.1, 0.15) is 0 Å². The average molecular weight is 317 g/mol. The van der Waals surface area contributed by atoms with Crippen molar-refractivity contribution in [3.05, 3.63) is 0 Å². The van der Waals surface area contributed by atoms with E-state index in [4.69, 9.17) is 0 Å². The zero-order valence-corrected chi connectivity index (χ0v) is 9.54. The Labute approximate surface area is 90.9 Å². The third-order valence-electron chi connectivity index (χ3n) is 1.24. The predicted octanol–water partition coefficient (Wildman–Crippen LogP) is 1.50. The molecule has 0 aromatic carbocycles. The molecule has 0 rings (SSSR count). The Bertz CT molecular complexity index is 351. The van der Waals surface area contributed by atoms with E-state index in [0.717, 1.165) is 6.92 Å². The minimum absolute atomic E-state index is 0.516. The summed E-state index contributed by atoms with van der Waals surface area (Å²) in [5, 5.41) is 0. The van der Waals surface area contributed by atoms with E-state index in [1.165, 1.54) is 15.9 Å². The summed E-state index contributed by atoms with van der Waals surface area (Å²) >= 11 is 1.53. The first-order valence-corrected chi connectivity index (χ1v) is 5.53. The second-order valence-electron chi connectivity index (χ2n) is 2.25. The van der Waals surface area contributed by atoms with Crippen molar-refractivity contribution in [2.45, 2.75) is 16.8 Å². The van der Waals surface area contributed by atoms with Gasteiger partial charge in [-0.3, -0.25) is 0 Å². The molecule has 0 radical (unpaired) electrons. The third-order valence-corrected chi connectivity index (χ3v) is 4.24. The lowest BCUT2D eigenvalue weighted by molar-refractivity contribution is -0.173. The first-order valence-electron chi connectivity index (χ1n) is 3.35. The highest BCUT2D eigenvalue weighted by atomic mass is 79.9. The van der Waals surface area contributed by atoms with Crippen molar-refractivity contribution in [2.24, 2.45) is 0 Å². The van der Waals surface area contributed by atoms with Crippen LogP contribution < -0.4 is 0 Å². The Kier molecular flexibility index (Phi) is 4.13. The molecule has 0 aromatic heterocycles. The molecule has 4 nitrogen and oxygen atoms in total. The smallest absolute Gasteiger partial charge is 0.431 e. The molecule has 0 heterocycles. The lowest BCUT2D eigenvalue weighted by atomic mass is 10.4. The Morgan fingerprint density at radius 1 is 1.40 bits per heavy atom. The molecule has 0 saturated heterocycles. The maximum Gasteiger partial charge on any atom is 0.431 e. The van der Waals surface area contributed by atoms with Gasteiger partial charge in [0.25, 0.3) is 0 Å². The van der Waals surface area contributed by atoms with Crippen molar-refractivity contribution in [3.8, 4) is 0 Å². The summed E-state index contributed by atoms with van der Waals surface area (Å²) in [6.45, 7) is 0.629. The molecule has 0 saturated carbocycles. The van der Waals surface area contributed by atoms with E-state index >= 15 is 0 Å². The topological polar surface area (TPSA) is 60.4 Å². The van der Waals surface area contributed by atoms with Crippen LogP contribution in [0.25, 0.3) is 0 Å². The van der Waals surface area contributed by atoms with E-state index < -0.39 is 32.6 Å². The first kappa shape index (κ1) is 14.6. The molecule has 0 aromatic rings. The Balaban J connectivity index is 5.54. The molecule has 0 N–H and O–H groups in total. The lowest BCUT2D eigenvalue weighted by Crippen LogP contribution is -2.52.